The highest BCUT2D eigenvalue weighted by atomic mass is 32.2. The Kier molecular flexibility index (Phi) is 8.45. The molecule has 1 aromatic rings. The lowest BCUT2D eigenvalue weighted by molar-refractivity contribution is -0.150. The van der Waals surface area contributed by atoms with Gasteiger partial charge in [0.2, 0.25) is 0 Å². The van der Waals surface area contributed by atoms with Crippen LogP contribution < -0.4 is 0 Å². The molecule has 0 N–H and O–H groups in total. The summed E-state index contributed by atoms with van der Waals surface area (Å²) < 4.78 is 11.3. The molecule has 29 heavy (non-hydrogen) atoms. The van der Waals surface area contributed by atoms with Crippen LogP contribution in [0.5, 0.6) is 0 Å². The first-order chi connectivity index (χ1) is 13.9. The number of hydrogen-bond donors (Lipinski definition) is 0. The van der Waals surface area contributed by atoms with Crippen LogP contribution in [-0.4, -0.2) is 55.1 Å². The average Bonchev–Trinajstić information content (AvgIpc) is 2.72. The SMILES string of the molecule is CC(C)(C)c1ccc(CSC2CCCCC2OC(=O)CCN2CCOCC2)cc1. The predicted octanol–water partition coefficient (Wildman–Crippen LogP) is 4.79. The van der Waals surface area contributed by atoms with Crippen molar-refractivity contribution in [3.8, 4) is 0 Å². The molecule has 1 heterocycles. The van der Waals surface area contributed by atoms with E-state index in [1.54, 1.807) is 0 Å². The minimum Gasteiger partial charge on any atom is -0.461 e. The Labute approximate surface area is 180 Å². The first kappa shape index (κ1) is 22.6. The van der Waals surface area contributed by atoms with E-state index in [4.69, 9.17) is 9.47 Å². The smallest absolute Gasteiger partial charge is 0.307 e. The van der Waals surface area contributed by atoms with Gasteiger partial charge in [0.1, 0.15) is 6.10 Å². The van der Waals surface area contributed by atoms with Crippen LogP contribution in [0.3, 0.4) is 0 Å². The number of thioether (sulfide) groups is 1. The van der Waals surface area contributed by atoms with Gasteiger partial charge in [0.25, 0.3) is 0 Å². The standard InChI is InChI=1S/C24H37NO3S/c1-24(2,3)20-10-8-19(9-11-20)18-29-22-7-5-4-6-21(22)28-23(26)12-13-25-14-16-27-17-15-25/h8-11,21-22H,4-7,12-18H2,1-3H3. The number of carbonyl (C=O) groups excluding carboxylic acids is 1. The number of carbonyl (C=O) groups is 1. The largest absolute Gasteiger partial charge is 0.461 e. The third-order valence-corrected chi connectivity index (χ3v) is 7.41. The van der Waals surface area contributed by atoms with Crippen molar-refractivity contribution in [1.29, 1.82) is 0 Å². The first-order valence-electron chi connectivity index (χ1n) is 11.1. The molecule has 2 unspecified atom stereocenters. The van der Waals surface area contributed by atoms with Gasteiger partial charge in [-0.3, -0.25) is 9.69 Å². The molecule has 3 rings (SSSR count). The van der Waals surface area contributed by atoms with E-state index < -0.39 is 0 Å². The highest BCUT2D eigenvalue weighted by Crippen LogP contribution is 2.33. The van der Waals surface area contributed by atoms with E-state index in [-0.39, 0.29) is 17.5 Å². The van der Waals surface area contributed by atoms with Gasteiger partial charge in [-0.1, -0.05) is 51.5 Å². The molecular weight excluding hydrogens is 382 g/mol. The van der Waals surface area contributed by atoms with Crippen LogP contribution in [0.15, 0.2) is 24.3 Å². The Balaban J connectivity index is 1.45. The summed E-state index contributed by atoms with van der Waals surface area (Å²) in [5, 5.41) is 0.415. The van der Waals surface area contributed by atoms with Gasteiger partial charge < -0.3 is 9.47 Å². The summed E-state index contributed by atoms with van der Waals surface area (Å²) in [6.45, 7) is 10.9. The summed E-state index contributed by atoms with van der Waals surface area (Å²) in [7, 11) is 0. The van der Waals surface area contributed by atoms with Gasteiger partial charge in [0, 0.05) is 30.6 Å². The summed E-state index contributed by atoms with van der Waals surface area (Å²) in [6.07, 6.45) is 5.11. The molecule has 162 valence electrons. The second-order valence-electron chi connectivity index (χ2n) is 9.31. The van der Waals surface area contributed by atoms with Crippen LogP contribution in [0.1, 0.15) is 64.0 Å². The Morgan fingerprint density at radius 1 is 1.14 bits per heavy atom. The molecule has 2 atom stereocenters. The van der Waals surface area contributed by atoms with Gasteiger partial charge in [0.15, 0.2) is 0 Å². The van der Waals surface area contributed by atoms with E-state index in [0.29, 0.717) is 11.7 Å². The van der Waals surface area contributed by atoms with Gasteiger partial charge in [-0.25, -0.2) is 0 Å². The minimum atomic E-state index is -0.0384. The number of morpholine rings is 1. The number of ether oxygens (including phenoxy) is 2. The van der Waals surface area contributed by atoms with Crippen molar-refractivity contribution in [3.63, 3.8) is 0 Å². The van der Waals surface area contributed by atoms with E-state index in [1.165, 1.54) is 24.0 Å². The molecule has 1 aromatic carbocycles. The number of hydrogen-bond acceptors (Lipinski definition) is 5. The minimum absolute atomic E-state index is 0.0384. The van der Waals surface area contributed by atoms with E-state index in [9.17, 15) is 4.79 Å². The number of esters is 1. The van der Waals surface area contributed by atoms with E-state index >= 15 is 0 Å². The van der Waals surface area contributed by atoms with Gasteiger partial charge in [-0.2, -0.15) is 0 Å². The van der Waals surface area contributed by atoms with Crippen molar-refractivity contribution in [1.82, 2.24) is 4.90 Å². The number of rotatable bonds is 7. The lowest BCUT2D eigenvalue weighted by Crippen LogP contribution is -2.38. The molecule has 1 aliphatic carbocycles. The number of nitrogens with zero attached hydrogens (tertiary/aromatic N) is 1. The Morgan fingerprint density at radius 2 is 1.83 bits per heavy atom. The van der Waals surface area contributed by atoms with Gasteiger partial charge in [-0.15, -0.1) is 11.8 Å². The Bertz CT molecular complexity index is 635. The normalized spacial score (nSPS) is 23.7. The molecule has 4 nitrogen and oxygen atoms in total. The predicted molar refractivity (Wildman–Crippen MR) is 120 cm³/mol. The number of benzene rings is 1. The van der Waals surface area contributed by atoms with E-state index in [0.717, 1.165) is 51.4 Å². The monoisotopic (exact) mass is 419 g/mol. The highest BCUT2D eigenvalue weighted by Gasteiger charge is 2.29. The lowest BCUT2D eigenvalue weighted by Gasteiger charge is -2.31. The molecule has 1 saturated heterocycles. The van der Waals surface area contributed by atoms with Crippen molar-refractivity contribution in [2.75, 3.05) is 32.8 Å². The maximum atomic E-state index is 12.4. The quantitative estimate of drug-likeness (QED) is 0.594. The summed E-state index contributed by atoms with van der Waals surface area (Å²) in [4.78, 5) is 14.7. The van der Waals surface area contributed by atoms with E-state index in [1.807, 2.05) is 11.8 Å². The fraction of sp³-hybridized carbons (Fsp3) is 0.708. The third kappa shape index (κ3) is 7.30. The topological polar surface area (TPSA) is 38.8 Å². The molecule has 0 amide bonds. The second kappa shape index (κ2) is 10.8. The molecule has 5 heteroatoms. The van der Waals surface area contributed by atoms with Crippen LogP contribution in [0.4, 0.5) is 0 Å². The van der Waals surface area contributed by atoms with Crippen molar-refractivity contribution in [2.45, 2.75) is 75.4 Å². The maximum Gasteiger partial charge on any atom is 0.307 e. The third-order valence-electron chi connectivity index (χ3n) is 5.94. The second-order valence-corrected chi connectivity index (χ2v) is 10.5. The van der Waals surface area contributed by atoms with Gasteiger partial charge >= 0.3 is 5.97 Å². The van der Waals surface area contributed by atoms with Gasteiger partial charge in [-0.05, 0) is 35.8 Å². The molecule has 0 radical (unpaired) electrons. The zero-order valence-electron chi connectivity index (χ0n) is 18.3. The summed E-state index contributed by atoms with van der Waals surface area (Å²) in [5.41, 5.74) is 2.91. The van der Waals surface area contributed by atoms with Crippen molar-refractivity contribution in [3.05, 3.63) is 35.4 Å². The van der Waals surface area contributed by atoms with Crippen molar-refractivity contribution in [2.24, 2.45) is 0 Å². The molecule has 0 aromatic heterocycles. The van der Waals surface area contributed by atoms with Crippen LogP contribution in [-0.2, 0) is 25.4 Å². The highest BCUT2D eigenvalue weighted by molar-refractivity contribution is 7.99. The average molecular weight is 420 g/mol. The maximum absolute atomic E-state index is 12.4. The Hall–Kier alpha value is -1.04. The zero-order valence-corrected chi connectivity index (χ0v) is 19.1. The molecule has 1 saturated carbocycles. The van der Waals surface area contributed by atoms with Crippen LogP contribution in [0.2, 0.25) is 0 Å². The summed E-state index contributed by atoms with van der Waals surface area (Å²) in [6, 6.07) is 9.00. The molecule has 1 aliphatic heterocycles. The summed E-state index contributed by atoms with van der Waals surface area (Å²) in [5.74, 6) is 0.945. The van der Waals surface area contributed by atoms with Crippen LogP contribution in [0, 0.1) is 0 Å². The van der Waals surface area contributed by atoms with E-state index in [2.05, 4.69) is 49.9 Å². The van der Waals surface area contributed by atoms with Crippen LogP contribution >= 0.6 is 11.8 Å². The Morgan fingerprint density at radius 3 is 2.52 bits per heavy atom. The van der Waals surface area contributed by atoms with Crippen molar-refractivity contribution >= 4 is 17.7 Å². The first-order valence-corrected chi connectivity index (χ1v) is 12.2. The zero-order chi connectivity index (χ0) is 20.7. The van der Waals surface area contributed by atoms with Crippen molar-refractivity contribution < 1.29 is 14.3 Å². The summed E-state index contributed by atoms with van der Waals surface area (Å²) >= 11 is 1.96. The fourth-order valence-corrected chi connectivity index (χ4v) is 5.33. The fourth-order valence-electron chi connectivity index (χ4n) is 3.99. The molecule has 0 bridgehead atoms. The van der Waals surface area contributed by atoms with Crippen LogP contribution in [0.25, 0.3) is 0 Å². The molecular formula is C24H37NO3S. The lowest BCUT2D eigenvalue weighted by atomic mass is 9.87. The molecule has 0 spiro atoms. The molecule has 2 aliphatic rings. The molecule has 2 fully saturated rings. The van der Waals surface area contributed by atoms with Gasteiger partial charge in [0.05, 0.1) is 19.6 Å².